The Bertz CT molecular complexity index is 1330. The summed E-state index contributed by atoms with van der Waals surface area (Å²) in [7, 11) is 0. The normalized spacial score (nSPS) is 13.4. The van der Waals surface area contributed by atoms with E-state index in [-0.39, 0.29) is 0 Å². The SMILES string of the molecule is O=C(O)C=C(c1ccccn1)n1ccc2cc(OCCc3ccc4c(n3)NCCC4)ccc21. The largest absolute Gasteiger partial charge is 0.493 e. The lowest BCUT2D eigenvalue weighted by Gasteiger charge is -2.17. The molecule has 0 amide bonds. The number of aryl methyl sites for hydroxylation is 1. The number of fused-ring (bicyclic) bond motifs is 2. The van der Waals surface area contributed by atoms with Crippen molar-refractivity contribution in [2.75, 3.05) is 18.5 Å². The molecule has 0 fully saturated rings. The van der Waals surface area contributed by atoms with Crippen LogP contribution in [-0.4, -0.2) is 38.8 Å². The first kappa shape index (κ1) is 20.8. The number of aliphatic carboxylic acids is 1. The number of nitrogens with one attached hydrogen (secondary N) is 1. The molecule has 0 saturated heterocycles. The minimum Gasteiger partial charge on any atom is -0.493 e. The average Bonchev–Trinajstić information content (AvgIpc) is 3.26. The Balaban J connectivity index is 1.32. The van der Waals surface area contributed by atoms with Crippen molar-refractivity contribution >= 4 is 28.4 Å². The fourth-order valence-corrected chi connectivity index (χ4v) is 4.10. The van der Waals surface area contributed by atoms with Crippen molar-refractivity contribution in [2.24, 2.45) is 0 Å². The number of pyridine rings is 2. The summed E-state index contributed by atoms with van der Waals surface area (Å²) in [6.45, 7) is 1.50. The van der Waals surface area contributed by atoms with Crippen molar-refractivity contribution in [1.82, 2.24) is 14.5 Å². The second-order valence-electron chi connectivity index (χ2n) is 7.93. The summed E-state index contributed by atoms with van der Waals surface area (Å²) in [5.41, 5.74) is 4.25. The van der Waals surface area contributed by atoms with Crippen LogP contribution in [0.5, 0.6) is 5.75 Å². The second kappa shape index (κ2) is 9.16. The van der Waals surface area contributed by atoms with Crippen LogP contribution < -0.4 is 10.1 Å². The lowest BCUT2D eigenvalue weighted by Crippen LogP contribution is -2.14. The summed E-state index contributed by atoms with van der Waals surface area (Å²) in [5, 5.41) is 13.7. The van der Waals surface area contributed by atoms with Crippen molar-refractivity contribution in [3.8, 4) is 5.75 Å². The number of nitrogens with zero attached hydrogens (tertiary/aromatic N) is 3. The molecule has 4 heterocycles. The highest BCUT2D eigenvalue weighted by Gasteiger charge is 2.13. The highest BCUT2D eigenvalue weighted by molar-refractivity contribution is 5.93. The van der Waals surface area contributed by atoms with Crippen LogP contribution in [0.15, 0.2) is 73.1 Å². The van der Waals surface area contributed by atoms with Gasteiger partial charge in [0, 0.05) is 42.5 Å². The van der Waals surface area contributed by atoms with Gasteiger partial charge in [0.15, 0.2) is 0 Å². The van der Waals surface area contributed by atoms with Crippen molar-refractivity contribution in [3.05, 3.63) is 90.0 Å². The maximum Gasteiger partial charge on any atom is 0.330 e. The van der Waals surface area contributed by atoms with Crippen molar-refractivity contribution < 1.29 is 14.6 Å². The predicted octanol–water partition coefficient (Wildman–Crippen LogP) is 4.38. The zero-order valence-electron chi connectivity index (χ0n) is 18.1. The molecule has 3 aromatic heterocycles. The number of carboxylic acids is 1. The van der Waals surface area contributed by atoms with Gasteiger partial charge >= 0.3 is 5.97 Å². The fraction of sp³-hybridized carbons (Fsp3) is 0.192. The molecule has 0 radical (unpaired) electrons. The standard InChI is InChI=1S/C26H24N4O3/c31-25(32)17-24(22-5-1-2-12-27-22)30-14-10-19-16-21(8-9-23(19)30)33-15-11-20-7-6-18-4-3-13-28-26(18)29-20/h1-2,5-10,12,14,16-17H,3-4,11,13,15H2,(H,28,29)(H,31,32). The zero-order valence-corrected chi connectivity index (χ0v) is 18.1. The van der Waals surface area contributed by atoms with Gasteiger partial charge in [-0.25, -0.2) is 9.78 Å². The number of carboxylic acid groups (broad SMARTS) is 1. The molecule has 1 aliphatic heterocycles. The average molecular weight is 441 g/mol. The Morgan fingerprint density at radius 3 is 2.97 bits per heavy atom. The summed E-state index contributed by atoms with van der Waals surface area (Å²) in [6, 6.07) is 17.4. The van der Waals surface area contributed by atoms with E-state index in [2.05, 4.69) is 22.4 Å². The highest BCUT2D eigenvalue weighted by Crippen LogP contribution is 2.27. The molecule has 33 heavy (non-hydrogen) atoms. The fourth-order valence-electron chi connectivity index (χ4n) is 4.10. The molecule has 1 aliphatic rings. The zero-order chi connectivity index (χ0) is 22.6. The third kappa shape index (κ3) is 4.57. The first-order valence-corrected chi connectivity index (χ1v) is 11.0. The summed E-state index contributed by atoms with van der Waals surface area (Å²) in [5.74, 6) is 0.737. The Hall–Kier alpha value is -4.13. The molecule has 7 heteroatoms. The minimum absolute atomic E-state index is 0.499. The van der Waals surface area contributed by atoms with Gasteiger partial charge in [-0.2, -0.15) is 0 Å². The molecule has 0 spiro atoms. The highest BCUT2D eigenvalue weighted by atomic mass is 16.5. The number of carbonyl (C=O) groups is 1. The molecule has 166 valence electrons. The molecule has 0 aliphatic carbocycles. The molecule has 7 nitrogen and oxygen atoms in total. The molecule has 0 atom stereocenters. The van der Waals surface area contributed by atoms with Crippen LogP contribution in [0.3, 0.4) is 0 Å². The third-order valence-electron chi connectivity index (χ3n) is 5.69. The van der Waals surface area contributed by atoms with E-state index >= 15 is 0 Å². The van der Waals surface area contributed by atoms with E-state index in [0.29, 0.717) is 18.0 Å². The predicted molar refractivity (Wildman–Crippen MR) is 127 cm³/mol. The summed E-state index contributed by atoms with van der Waals surface area (Å²) < 4.78 is 7.82. The lowest BCUT2D eigenvalue weighted by molar-refractivity contribution is -0.131. The molecular weight excluding hydrogens is 416 g/mol. The number of hydrogen-bond acceptors (Lipinski definition) is 5. The maximum absolute atomic E-state index is 11.4. The lowest BCUT2D eigenvalue weighted by atomic mass is 10.1. The van der Waals surface area contributed by atoms with E-state index < -0.39 is 5.97 Å². The maximum atomic E-state index is 11.4. The first-order valence-electron chi connectivity index (χ1n) is 11.0. The second-order valence-corrected chi connectivity index (χ2v) is 7.93. The van der Waals surface area contributed by atoms with E-state index in [9.17, 15) is 9.90 Å². The van der Waals surface area contributed by atoms with Gasteiger partial charge < -0.3 is 19.7 Å². The number of rotatable bonds is 7. The van der Waals surface area contributed by atoms with E-state index in [4.69, 9.17) is 9.72 Å². The molecule has 0 saturated carbocycles. The Morgan fingerprint density at radius 1 is 1.18 bits per heavy atom. The number of benzene rings is 1. The van der Waals surface area contributed by atoms with E-state index in [1.165, 1.54) is 11.6 Å². The smallest absolute Gasteiger partial charge is 0.330 e. The van der Waals surface area contributed by atoms with Crippen LogP contribution in [0.4, 0.5) is 5.82 Å². The Morgan fingerprint density at radius 2 is 2.12 bits per heavy atom. The number of hydrogen-bond donors (Lipinski definition) is 2. The molecule has 4 aromatic rings. The van der Waals surface area contributed by atoms with Crippen molar-refractivity contribution in [2.45, 2.75) is 19.3 Å². The van der Waals surface area contributed by atoms with Gasteiger partial charge in [0.2, 0.25) is 0 Å². The summed E-state index contributed by atoms with van der Waals surface area (Å²) >= 11 is 0. The van der Waals surface area contributed by atoms with Gasteiger partial charge in [0.1, 0.15) is 11.6 Å². The molecule has 1 aromatic carbocycles. The van der Waals surface area contributed by atoms with Gasteiger partial charge in [0.05, 0.1) is 23.5 Å². The molecule has 0 bridgehead atoms. The number of aromatic nitrogens is 3. The topological polar surface area (TPSA) is 89.3 Å². The van der Waals surface area contributed by atoms with Crippen LogP contribution in [-0.2, 0) is 17.6 Å². The van der Waals surface area contributed by atoms with Crippen LogP contribution in [0, 0.1) is 0 Å². The minimum atomic E-state index is -1.02. The molecule has 0 unspecified atom stereocenters. The van der Waals surface area contributed by atoms with Gasteiger partial charge in [-0.15, -0.1) is 0 Å². The summed E-state index contributed by atoms with van der Waals surface area (Å²) in [4.78, 5) is 20.5. The van der Waals surface area contributed by atoms with Crippen molar-refractivity contribution in [3.63, 3.8) is 0 Å². The quantitative estimate of drug-likeness (QED) is 0.415. The van der Waals surface area contributed by atoms with Gasteiger partial charge in [0.25, 0.3) is 0 Å². The van der Waals surface area contributed by atoms with Crippen LogP contribution in [0.25, 0.3) is 16.6 Å². The Labute approximate surface area is 191 Å². The van der Waals surface area contributed by atoms with Crippen LogP contribution in [0.1, 0.15) is 23.4 Å². The van der Waals surface area contributed by atoms with Crippen molar-refractivity contribution in [1.29, 1.82) is 0 Å². The summed E-state index contributed by atoms with van der Waals surface area (Å²) in [6.07, 6.45) is 7.62. The van der Waals surface area contributed by atoms with E-state index in [0.717, 1.165) is 54.0 Å². The number of ether oxygens (including phenoxy) is 1. The molecule has 2 N–H and O–H groups in total. The number of anilines is 1. The third-order valence-corrected chi connectivity index (χ3v) is 5.69. The van der Waals surface area contributed by atoms with Gasteiger partial charge in [-0.3, -0.25) is 4.98 Å². The van der Waals surface area contributed by atoms with E-state index in [1.54, 1.807) is 18.3 Å². The van der Waals surface area contributed by atoms with Crippen LogP contribution >= 0.6 is 0 Å². The monoisotopic (exact) mass is 440 g/mol. The van der Waals surface area contributed by atoms with Gasteiger partial charge in [-0.1, -0.05) is 12.1 Å². The Kier molecular flexibility index (Phi) is 5.76. The van der Waals surface area contributed by atoms with E-state index in [1.807, 2.05) is 41.1 Å². The molecular formula is C26H24N4O3. The molecule has 5 rings (SSSR count). The first-order chi connectivity index (χ1) is 16.2. The van der Waals surface area contributed by atoms with Gasteiger partial charge in [-0.05, 0) is 60.9 Å². The van der Waals surface area contributed by atoms with Crippen LogP contribution in [0.2, 0.25) is 0 Å².